The lowest BCUT2D eigenvalue weighted by Crippen LogP contribution is -2.26. The van der Waals surface area contributed by atoms with E-state index in [0.29, 0.717) is 23.1 Å². The van der Waals surface area contributed by atoms with Crippen LogP contribution < -0.4 is 10.5 Å². The Hall–Kier alpha value is -1.42. The lowest BCUT2D eigenvalue weighted by Gasteiger charge is -2.14. The van der Waals surface area contributed by atoms with Gasteiger partial charge in [0.25, 0.3) is 0 Å². The minimum Gasteiger partial charge on any atom is -0.477 e. The molecule has 0 amide bonds. The number of anilines is 1. The second-order valence-electron chi connectivity index (χ2n) is 3.20. The fourth-order valence-corrected chi connectivity index (χ4v) is 1.27. The summed E-state index contributed by atoms with van der Waals surface area (Å²) in [7, 11) is 0. The highest BCUT2D eigenvalue weighted by molar-refractivity contribution is 6.32. The first kappa shape index (κ1) is 12.6. The molecule has 0 aliphatic heterocycles. The van der Waals surface area contributed by atoms with Gasteiger partial charge in [0, 0.05) is 11.8 Å². The smallest absolute Gasteiger partial charge is 0.347 e. The van der Waals surface area contributed by atoms with Gasteiger partial charge in [0.1, 0.15) is 5.75 Å². The number of nitrogen functional groups attached to an aromatic ring is 1. The minimum absolute atomic E-state index is 0.317. The highest BCUT2D eigenvalue weighted by Crippen LogP contribution is 2.27. The van der Waals surface area contributed by atoms with Gasteiger partial charge in [-0.25, -0.2) is 4.79 Å². The second kappa shape index (κ2) is 5.61. The maximum atomic E-state index is 11.3. The molecule has 2 N–H and O–H groups in total. The summed E-state index contributed by atoms with van der Waals surface area (Å²) in [5.41, 5.74) is 6.11. The first-order chi connectivity index (χ1) is 7.54. The molecule has 0 aliphatic carbocycles. The molecule has 0 saturated carbocycles. The number of carbonyl (C=O) groups is 1. The molecule has 0 aromatic heterocycles. The predicted octanol–water partition coefficient (Wildman–Crippen LogP) is 2.25. The summed E-state index contributed by atoms with van der Waals surface area (Å²) >= 11 is 5.89. The molecule has 1 rings (SSSR count). The fraction of sp³-hybridized carbons (Fsp3) is 0.364. The lowest BCUT2D eigenvalue weighted by molar-refractivity contribution is -0.150. The van der Waals surface area contributed by atoms with Crippen molar-refractivity contribution in [3.05, 3.63) is 23.2 Å². The normalized spacial score (nSPS) is 11.9. The van der Waals surface area contributed by atoms with Crippen LogP contribution in [-0.2, 0) is 9.53 Å². The first-order valence-corrected chi connectivity index (χ1v) is 5.30. The Kier molecular flexibility index (Phi) is 4.43. The van der Waals surface area contributed by atoms with E-state index in [2.05, 4.69) is 0 Å². The van der Waals surface area contributed by atoms with Crippen LogP contribution in [0.15, 0.2) is 18.2 Å². The molecule has 1 aromatic rings. The lowest BCUT2D eigenvalue weighted by atomic mass is 10.3. The predicted molar refractivity (Wildman–Crippen MR) is 62.6 cm³/mol. The van der Waals surface area contributed by atoms with Crippen molar-refractivity contribution in [3.63, 3.8) is 0 Å². The van der Waals surface area contributed by atoms with Crippen LogP contribution >= 0.6 is 11.6 Å². The van der Waals surface area contributed by atoms with Crippen LogP contribution in [0.25, 0.3) is 0 Å². The maximum absolute atomic E-state index is 11.3. The van der Waals surface area contributed by atoms with Gasteiger partial charge in [0.15, 0.2) is 6.10 Å². The van der Waals surface area contributed by atoms with E-state index in [1.165, 1.54) is 0 Å². The molecule has 1 unspecified atom stereocenters. The van der Waals surface area contributed by atoms with Crippen LogP contribution in [0.2, 0.25) is 5.02 Å². The third kappa shape index (κ3) is 3.31. The molecular formula is C11H14ClNO3. The van der Waals surface area contributed by atoms with Gasteiger partial charge in [0.2, 0.25) is 0 Å². The van der Waals surface area contributed by atoms with E-state index in [1.807, 2.05) is 0 Å². The average molecular weight is 244 g/mol. The van der Waals surface area contributed by atoms with Gasteiger partial charge in [-0.3, -0.25) is 0 Å². The van der Waals surface area contributed by atoms with Crippen molar-refractivity contribution in [2.75, 3.05) is 12.3 Å². The highest BCUT2D eigenvalue weighted by atomic mass is 35.5. The number of benzene rings is 1. The van der Waals surface area contributed by atoms with Gasteiger partial charge in [-0.05, 0) is 26.0 Å². The molecule has 0 spiro atoms. The second-order valence-corrected chi connectivity index (χ2v) is 3.61. The molecule has 0 fully saturated rings. The van der Waals surface area contributed by atoms with Gasteiger partial charge < -0.3 is 15.2 Å². The first-order valence-electron chi connectivity index (χ1n) is 4.93. The molecule has 16 heavy (non-hydrogen) atoms. The number of halogens is 1. The summed E-state index contributed by atoms with van der Waals surface area (Å²) in [5, 5.41) is 0.408. The monoisotopic (exact) mass is 243 g/mol. The number of esters is 1. The summed E-state index contributed by atoms with van der Waals surface area (Å²) in [6.07, 6.45) is -0.709. The van der Waals surface area contributed by atoms with Crippen molar-refractivity contribution in [1.29, 1.82) is 0 Å². The third-order valence-electron chi connectivity index (χ3n) is 1.88. The van der Waals surface area contributed by atoms with Gasteiger partial charge in [-0.15, -0.1) is 0 Å². The Labute approximate surface area is 99.3 Å². The number of carbonyl (C=O) groups excluding carboxylic acids is 1. The van der Waals surface area contributed by atoms with E-state index in [4.69, 9.17) is 26.8 Å². The molecule has 0 saturated heterocycles. The van der Waals surface area contributed by atoms with Crippen LogP contribution in [0.5, 0.6) is 5.75 Å². The molecule has 88 valence electrons. The number of hydrogen-bond donors (Lipinski definition) is 1. The van der Waals surface area contributed by atoms with Crippen molar-refractivity contribution in [1.82, 2.24) is 0 Å². The number of rotatable bonds is 4. The average Bonchev–Trinajstić information content (AvgIpc) is 2.23. The molecule has 1 atom stereocenters. The van der Waals surface area contributed by atoms with Crippen molar-refractivity contribution in [2.24, 2.45) is 0 Å². The Morgan fingerprint density at radius 3 is 2.88 bits per heavy atom. The van der Waals surface area contributed by atoms with Gasteiger partial charge in [-0.1, -0.05) is 11.6 Å². The number of ether oxygens (including phenoxy) is 2. The molecule has 0 radical (unpaired) electrons. The maximum Gasteiger partial charge on any atom is 0.347 e. The van der Waals surface area contributed by atoms with Crippen molar-refractivity contribution in [3.8, 4) is 5.75 Å². The van der Waals surface area contributed by atoms with Crippen LogP contribution in [-0.4, -0.2) is 18.7 Å². The highest BCUT2D eigenvalue weighted by Gasteiger charge is 2.17. The van der Waals surface area contributed by atoms with E-state index in [-0.39, 0.29) is 0 Å². The van der Waals surface area contributed by atoms with Crippen LogP contribution in [0, 0.1) is 0 Å². The summed E-state index contributed by atoms with van der Waals surface area (Å²) < 4.78 is 10.2. The van der Waals surface area contributed by atoms with Crippen LogP contribution in [0.1, 0.15) is 13.8 Å². The van der Waals surface area contributed by atoms with E-state index < -0.39 is 12.1 Å². The Balaban J connectivity index is 2.72. The van der Waals surface area contributed by atoms with Crippen molar-refractivity contribution >= 4 is 23.3 Å². The minimum atomic E-state index is -0.709. The molecule has 1 aromatic carbocycles. The largest absolute Gasteiger partial charge is 0.477 e. The standard InChI is InChI=1S/C11H14ClNO3/c1-3-15-11(14)7(2)16-10-6-8(13)4-5-9(10)12/h4-7H,3,13H2,1-2H3. The number of hydrogen-bond acceptors (Lipinski definition) is 4. The van der Waals surface area contributed by atoms with Gasteiger partial charge in [-0.2, -0.15) is 0 Å². The molecule has 0 bridgehead atoms. The molecule has 4 nitrogen and oxygen atoms in total. The van der Waals surface area contributed by atoms with Crippen molar-refractivity contribution < 1.29 is 14.3 Å². The molecule has 5 heteroatoms. The summed E-state index contributed by atoms with van der Waals surface area (Å²) in [4.78, 5) is 11.3. The van der Waals surface area contributed by atoms with Gasteiger partial charge in [0.05, 0.1) is 11.6 Å². The zero-order valence-corrected chi connectivity index (χ0v) is 9.95. The SMILES string of the molecule is CCOC(=O)C(C)Oc1cc(N)ccc1Cl. The van der Waals surface area contributed by atoms with Crippen molar-refractivity contribution in [2.45, 2.75) is 20.0 Å². The zero-order valence-electron chi connectivity index (χ0n) is 9.20. The molecular weight excluding hydrogens is 230 g/mol. The summed E-state index contributed by atoms with van der Waals surface area (Å²) in [6.45, 7) is 3.65. The molecule has 0 aliphatic rings. The third-order valence-corrected chi connectivity index (χ3v) is 2.19. The quantitative estimate of drug-likeness (QED) is 0.651. The van der Waals surface area contributed by atoms with E-state index in [9.17, 15) is 4.79 Å². The van der Waals surface area contributed by atoms with E-state index in [1.54, 1.807) is 32.0 Å². The van der Waals surface area contributed by atoms with Crippen LogP contribution in [0.3, 0.4) is 0 Å². The van der Waals surface area contributed by atoms with E-state index in [0.717, 1.165) is 0 Å². The summed E-state index contributed by atoms with van der Waals surface area (Å²) in [5.74, 6) is -0.0526. The van der Waals surface area contributed by atoms with Crippen LogP contribution in [0.4, 0.5) is 5.69 Å². The fourth-order valence-electron chi connectivity index (χ4n) is 1.11. The van der Waals surface area contributed by atoms with Gasteiger partial charge >= 0.3 is 5.97 Å². The number of nitrogens with two attached hydrogens (primary N) is 1. The zero-order chi connectivity index (χ0) is 12.1. The topological polar surface area (TPSA) is 61.5 Å². The van der Waals surface area contributed by atoms with E-state index >= 15 is 0 Å². The Morgan fingerprint density at radius 2 is 2.25 bits per heavy atom. The Morgan fingerprint density at radius 1 is 1.56 bits per heavy atom. The Bertz CT molecular complexity index is 381. The molecule has 0 heterocycles. The summed E-state index contributed by atoms with van der Waals surface area (Å²) in [6, 6.07) is 4.84.